The number of thiophene rings is 1. The third-order valence-corrected chi connectivity index (χ3v) is 5.27. The Morgan fingerprint density at radius 2 is 2.04 bits per heavy atom. The smallest absolute Gasteiger partial charge is 0.326 e. The minimum absolute atomic E-state index is 0.554. The molecule has 0 aliphatic heterocycles. The molecule has 1 unspecified atom stereocenters. The Labute approximate surface area is 162 Å². The van der Waals surface area contributed by atoms with Gasteiger partial charge in [-0.05, 0) is 31.0 Å². The lowest BCUT2D eigenvalue weighted by atomic mass is 10.1. The lowest BCUT2D eigenvalue weighted by Gasteiger charge is -2.16. The number of anilines is 1. The second-order valence-electron chi connectivity index (χ2n) is 6.35. The fraction of sp³-hybridized carbons (Fsp3) is 0.350. The number of rotatable bonds is 8. The number of carboxylic acids is 1. The van der Waals surface area contributed by atoms with Crippen molar-refractivity contribution in [2.45, 2.75) is 39.2 Å². The maximum Gasteiger partial charge on any atom is 0.326 e. The van der Waals surface area contributed by atoms with Crippen molar-refractivity contribution in [1.29, 1.82) is 0 Å². The Hall–Kier alpha value is -2.67. The number of carboxylic acid groups (broad SMARTS) is 1. The number of unbranched alkanes of at least 4 members (excludes halogenated alkanes) is 1. The van der Waals surface area contributed by atoms with E-state index in [1.807, 2.05) is 43.5 Å². The summed E-state index contributed by atoms with van der Waals surface area (Å²) in [4.78, 5) is 21.6. The Kier molecular flexibility index (Phi) is 5.91. The summed E-state index contributed by atoms with van der Waals surface area (Å²) >= 11 is 1.53. The highest BCUT2D eigenvalue weighted by molar-refractivity contribution is 7.17. The van der Waals surface area contributed by atoms with Crippen molar-refractivity contribution < 1.29 is 14.6 Å². The topological polar surface area (TPSA) is 84.3 Å². The van der Waals surface area contributed by atoms with Crippen LogP contribution in [0.3, 0.4) is 0 Å². The third kappa shape index (κ3) is 4.19. The molecule has 3 rings (SSSR count). The fourth-order valence-electron chi connectivity index (χ4n) is 2.97. The number of benzene rings is 1. The van der Waals surface area contributed by atoms with Gasteiger partial charge in [-0.25, -0.2) is 14.8 Å². The Morgan fingerprint density at radius 3 is 2.67 bits per heavy atom. The highest BCUT2D eigenvalue weighted by Gasteiger charge is 2.21. The molecule has 0 bridgehead atoms. The first-order valence-electron chi connectivity index (χ1n) is 8.93. The number of nitrogens with one attached hydrogen (secondary N) is 1. The van der Waals surface area contributed by atoms with Gasteiger partial charge in [0.15, 0.2) is 0 Å². The highest BCUT2D eigenvalue weighted by Crippen LogP contribution is 2.37. The van der Waals surface area contributed by atoms with Crippen molar-refractivity contribution >= 4 is 33.3 Å². The normalized spacial score (nSPS) is 12.1. The first kappa shape index (κ1) is 19.1. The molecule has 3 aromatic rings. The monoisotopic (exact) mass is 385 g/mol. The Morgan fingerprint density at radius 1 is 1.30 bits per heavy atom. The molecule has 1 aromatic carbocycles. The van der Waals surface area contributed by atoms with Crippen molar-refractivity contribution in [1.82, 2.24) is 9.97 Å². The first-order valence-corrected chi connectivity index (χ1v) is 9.81. The molecule has 0 aliphatic carbocycles. The number of ether oxygens (including phenoxy) is 1. The summed E-state index contributed by atoms with van der Waals surface area (Å²) in [6.45, 7) is 3.87. The van der Waals surface area contributed by atoms with E-state index >= 15 is 0 Å². The van der Waals surface area contributed by atoms with Crippen LogP contribution in [0.5, 0.6) is 5.75 Å². The molecule has 7 heteroatoms. The van der Waals surface area contributed by atoms with E-state index in [2.05, 4.69) is 15.3 Å². The number of nitrogens with zero attached hydrogens (tertiary/aromatic N) is 2. The van der Waals surface area contributed by atoms with Gasteiger partial charge in [-0.1, -0.05) is 31.9 Å². The summed E-state index contributed by atoms with van der Waals surface area (Å²) in [5.74, 6) is 1.11. The zero-order valence-corrected chi connectivity index (χ0v) is 16.5. The molecular weight excluding hydrogens is 362 g/mol. The lowest BCUT2D eigenvalue weighted by Crippen LogP contribution is -2.29. The van der Waals surface area contributed by atoms with Crippen LogP contribution in [-0.4, -0.2) is 34.2 Å². The van der Waals surface area contributed by atoms with Crippen LogP contribution in [0.2, 0.25) is 0 Å². The van der Waals surface area contributed by atoms with Crippen LogP contribution in [0.1, 0.15) is 32.0 Å². The second kappa shape index (κ2) is 8.35. The standard InChI is InChI=1S/C20H23N3O3S/c1-4-5-6-16(20(24)25)23-18-17-15(11-27-19(17)22-12(2)21-18)13-7-9-14(26-3)10-8-13/h7-11,16H,4-6H2,1-3H3,(H,24,25)(H,21,22,23). The molecule has 0 spiro atoms. The molecule has 0 saturated carbocycles. The lowest BCUT2D eigenvalue weighted by molar-refractivity contribution is -0.138. The maximum absolute atomic E-state index is 11.7. The van der Waals surface area contributed by atoms with Crippen LogP contribution in [0.15, 0.2) is 29.6 Å². The minimum Gasteiger partial charge on any atom is -0.497 e. The maximum atomic E-state index is 11.7. The number of aromatic nitrogens is 2. The molecule has 27 heavy (non-hydrogen) atoms. The van der Waals surface area contributed by atoms with Crippen molar-refractivity contribution in [3.8, 4) is 16.9 Å². The molecule has 2 heterocycles. The summed E-state index contributed by atoms with van der Waals surface area (Å²) < 4.78 is 5.23. The average molecular weight is 385 g/mol. The van der Waals surface area contributed by atoms with E-state index in [1.54, 1.807) is 7.11 Å². The van der Waals surface area contributed by atoms with Crippen LogP contribution in [0.4, 0.5) is 5.82 Å². The summed E-state index contributed by atoms with van der Waals surface area (Å²) in [7, 11) is 1.63. The number of aliphatic carboxylic acids is 1. The number of aryl methyl sites for hydroxylation is 1. The molecule has 0 radical (unpaired) electrons. The highest BCUT2D eigenvalue weighted by atomic mass is 32.1. The predicted octanol–water partition coefficient (Wildman–Crippen LogP) is 4.73. The van der Waals surface area contributed by atoms with Crippen LogP contribution in [0.25, 0.3) is 21.3 Å². The third-order valence-electron chi connectivity index (χ3n) is 4.40. The summed E-state index contributed by atoms with van der Waals surface area (Å²) in [6.07, 6.45) is 2.34. The van der Waals surface area contributed by atoms with Gasteiger partial charge in [-0.3, -0.25) is 0 Å². The summed E-state index contributed by atoms with van der Waals surface area (Å²) in [5.41, 5.74) is 2.00. The van der Waals surface area contributed by atoms with E-state index in [4.69, 9.17) is 4.74 Å². The summed E-state index contributed by atoms with van der Waals surface area (Å²) in [6, 6.07) is 7.10. The van der Waals surface area contributed by atoms with Crippen LogP contribution in [0, 0.1) is 6.92 Å². The van der Waals surface area contributed by atoms with E-state index in [9.17, 15) is 9.90 Å². The van der Waals surface area contributed by atoms with E-state index in [-0.39, 0.29) is 0 Å². The van der Waals surface area contributed by atoms with E-state index < -0.39 is 12.0 Å². The molecule has 0 amide bonds. The largest absolute Gasteiger partial charge is 0.497 e. The van der Waals surface area contributed by atoms with Gasteiger partial charge in [0.1, 0.15) is 28.3 Å². The van der Waals surface area contributed by atoms with Gasteiger partial charge in [0.05, 0.1) is 12.5 Å². The van der Waals surface area contributed by atoms with Gasteiger partial charge in [-0.15, -0.1) is 11.3 Å². The van der Waals surface area contributed by atoms with Gasteiger partial charge >= 0.3 is 5.97 Å². The predicted molar refractivity (Wildman–Crippen MR) is 109 cm³/mol. The zero-order valence-electron chi connectivity index (χ0n) is 15.7. The molecule has 2 N–H and O–H groups in total. The van der Waals surface area contributed by atoms with Crippen molar-refractivity contribution in [3.05, 3.63) is 35.5 Å². The summed E-state index contributed by atoms with van der Waals surface area (Å²) in [5, 5.41) is 15.6. The quantitative estimate of drug-likeness (QED) is 0.583. The fourth-order valence-corrected chi connectivity index (χ4v) is 3.96. The number of carbonyl (C=O) groups is 1. The molecule has 0 aliphatic rings. The van der Waals surface area contributed by atoms with E-state index in [0.29, 0.717) is 18.1 Å². The van der Waals surface area contributed by atoms with E-state index in [0.717, 1.165) is 39.9 Å². The Balaban J connectivity index is 2.05. The number of fused-ring (bicyclic) bond motifs is 1. The zero-order chi connectivity index (χ0) is 19.4. The molecule has 6 nitrogen and oxygen atoms in total. The van der Waals surface area contributed by atoms with Gasteiger partial charge in [0, 0.05) is 10.9 Å². The number of methoxy groups -OCH3 is 1. The molecule has 142 valence electrons. The van der Waals surface area contributed by atoms with Crippen molar-refractivity contribution in [2.75, 3.05) is 12.4 Å². The number of hydrogen-bond donors (Lipinski definition) is 2. The minimum atomic E-state index is -0.867. The molecular formula is C20H23N3O3S. The molecule has 2 aromatic heterocycles. The van der Waals surface area contributed by atoms with Crippen LogP contribution < -0.4 is 10.1 Å². The van der Waals surface area contributed by atoms with Gasteiger partial charge in [0.2, 0.25) is 0 Å². The molecule has 0 fully saturated rings. The van der Waals surface area contributed by atoms with Crippen LogP contribution >= 0.6 is 11.3 Å². The first-order chi connectivity index (χ1) is 13.0. The number of hydrogen-bond acceptors (Lipinski definition) is 6. The van der Waals surface area contributed by atoms with Crippen molar-refractivity contribution in [3.63, 3.8) is 0 Å². The molecule has 1 atom stereocenters. The van der Waals surface area contributed by atoms with Gasteiger partial charge < -0.3 is 15.2 Å². The van der Waals surface area contributed by atoms with Crippen LogP contribution in [-0.2, 0) is 4.79 Å². The van der Waals surface area contributed by atoms with Gasteiger partial charge in [-0.2, -0.15) is 0 Å². The van der Waals surface area contributed by atoms with Gasteiger partial charge in [0.25, 0.3) is 0 Å². The second-order valence-corrected chi connectivity index (χ2v) is 7.21. The van der Waals surface area contributed by atoms with E-state index in [1.165, 1.54) is 11.3 Å². The molecule has 0 saturated heterocycles. The average Bonchev–Trinajstić information content (AvgIpc) is 3.08. The Bertz CT molecular complexity index is 938. The SMILES string of the molecule is CCCCC(Nc1nc(C)nc2scc(-c3ccc(OC)cc3)c12)C(=O)O. The van der Waals surface area contributed by atoms with Crippen molar-refractivity contribution in [2.24, 2.45) is 0 Å².